The smallest absolute Gasteiger partial charge is 0.315 e. The molecule has 2 amide bonds. The number of anilines is 2. The minimum Gasteiger partial charge on any atom is -0.360 e. The molecule has 1 fully saturated rings. The molecule has 2 aromatic rings. The number of rotatable bonds is 4. The van der Waals surface area contributed by atoms with E-state index in [0.29, 0.717) is 18.8 Å². The molecule has 144 valence electrons. The van der Waals surface area contributed by atoms with Crippen molar-refractivity contribution in [2.75, 3.05) is 23.7 Å². The number of hydrogen-bond acceptors (Lipinski definition) is 6. The Morgan fingerprint density at radius 1 is 1.07 bits per heavy atom. The number of amides is 2. The first-order chi connectivity index (χ1) is 12.9. The lowest BCUT2D eigenvalue weighted by Gasteiger charge is -2.26. The molecule has 0 spiro atoms. The number of hydrogen-bond donors (Lipinski definition) is 2. The van der Waals surface area contributed by atoms with Gasteiger partial charge in [-0.1, -0.05) is 17.6 Å². The molecule has 27 heavy (non-hydrogen) atoms. The van der Waals surface area contributed by atoms with Gasteiger partial charge in [-0.15, -0.1) is 0 Å². The first kappa shape index (κ1) is 19.1. The standard InChI is InChI=1S/C17H20N4O5S/c1-12-10-15(20-26-12)19-17(23)16(22)18-13-6-5-7-14(11-13)27(24,25)21-8-3-2-4-9-21/h5-7,10-11H,2-4,8-9H2,1H3,(H,18,22)(H,19,20,23). The van der Waals surface area contributed by atoms with Crippen LogP contribution < -0.4 is 10.6 Å². The molecule has 0 atom stereocenters. The van der Waals surface area contributed by atoms with Gasteiger partial charge in [-0.2, -0.15) is 4.31 Å². The molecule has 1 saturated heterocycles. The number of aryl methyl sites for hydroxylation is 1. The third-order valence-electron chi connectivity index (χ3n) is 4.12. The van der Waals surface area contributed by atoms with Crippen molar-refractivity contribution in [1.82, 2.24) is 9.46 Å². The summed E-state index contributed by atoms with van der Waals surface area (Å²) in [5.74, 6) is -1.27. The summed E-state index contributed by atoms with van der Waals surface area (Å²) in [7, 11) is -3.63. The van der Waals surface area contributed by atoms with Crippen molar-refractivity contribution in [3.63, 3.8) is 0 Å². The fourth-order valence-corrected chi connectivity index (χ4v) is 4.34. The van der Waals surface area contributed by atoms with Crippen LogP contribution in [0.1, 0.15) is 25.0 Å². The molecule has 0 radical (unpaired) electrons. The highest BCUT2D eigenvalue weighted by atomic mass is 32.2. The molecule has 1 aliphatic heterocycles. The quantitative estimate of drug-likeness (QED) is 0.764. The first-order valence-electron chi connectivity index (χ1n) is 8.52. The fraction of sp³-hybridized carbons (Fsp3) is 0.353. The van der Waals surface area contributed by atoms with Crippen molar-refractivity contribution in [1.29, 1.82) is 0 Å². The normalized spacial score (nSPS) is 15.3. The molecule has 0 aliphatic carbocycles. The van der Waals surface area contributed by atoms with E-state index in [-0.39, 0.29) is 16.4 Å². The van der Waals surface area contributed by atoms with Crippen LogP contribution in [0, 0.1) is 6.92 Å². The van der Waals surface area contributed by atoms with E-state index < -0.39 is 21.8 Å². The number of benzene rings is 1. The summed E-state index contributed by atoms with van der Waals surface area (Å²) in [5, 5.41) is 8.26. The summed E-state index contributed by atoms with van der Waals surface area (Å²) < 4.78 is 31.7. The van der Waals surface area contributed by atoms with Crippen LogP contribution in [0.5, 0.6) is 0 Å². The van der Waals surface area contributed by atoms with Crippen molar-refractivity contribution >= 4 is 33.3 Å². The highest BCUT2D eigenvalue weighted by molar-refractivity contribution is 7.89. The molecule has 1 aliphatic rings. The largest absolute Gasteiger partial charge is 0.360 e. The molecule has 9 nitrogen and oxygen atoms in total. The van der Waals surface area contributed by atoms with Gasteiger partial charge in [0.05, 0.1) is 4.90 Å². The number of carbonyl (C=O) groups is 2. The van der Waals surface area contributed by atoms with Crippen molar-refractivity contribution < 1.29 is 22.5 Å². The average Bonchev–Trinajstić information content (AvgIpc) is 3.07. The predicted octanol–water partition coefficient (Wildman–Crippen LogP) is 1.73. The summed E-state index contributed by atoms with van der Waals surface area (Å²) in [4.78, 5) is 24.0. The Morgan fingerprint density at radius 3 is 2.44 bits per heavy atom. The Morgan fingerprint density at radius 2 is 1.78 bits per heavy atom. The molecule has 1 aromatic carbocycles. The second kappa shape index (κ2) is 7.89. The van der Waals surface area contributed by atoms with Gasteiger partial charge in [0.15, 0.2) is 5.82 Å². The van der Waals surface area contributed by atoms with E-state index in [9.17, 15) is 18.0 Å². The molecule has 0 saturated carbocycles. The highest BCUT2D eigenvalue weighted by Crippen LogP contribution is 2.22. The van der Waals surface area contributed by atoms with Crippen LogP contribution in [0.3, 0.4) is 0 Å². The Hall–Kier alpha value is -2.72. The minimum atomic E-state index is -3.63. The lowest BCUT2D eigenvalue weighted by molar-refractivity contribution is -0.133. The molecule has 10 heteroatoms. The van der Waals surface area contributed by atoms with Gasteiger partial charge in [-0.05, 0) is 38.0 Å². The average molecular weight is 392 g/mol. The van der Waals surface area contributed by atoms with E-state index in [2.05, 4.69) is 15.8 Å². The van der Waals surface area contributed by atoms with Gasteiger partial charge < -0.3 is 9.84 Å². The van der Waals surface area contributed by atoms with Crippen LogP contribution in [0.25, 0.3) is 0 Å². The maximum atomic E-state index is 12.7. The Bertz CT molecular complexity index is 948. The second-order valence-corrected chi connectivity index (χ2v) is 8.16. The fourth-order valence-electron chi connectivity index (χ4n) is 2.77. The lowest BCUT2D eigenvalue weighted by Crippen LogP contribution is -2.35. The number of carbonyl (C=O) groups excluding carboxylic acids is 2. The topological polar surface area (TPSA) is 122 Å². The van der Waals surface area contributed by atoms with Crippen LogP contribution in [0.15, 0.2) is 39.8 Å². The Labute approximate surface area is 156 Å². The van der Waals surface area contributed by atoms with Crippen molar-refractivity contribution in [2.45, 2.75) is 31.1 Å². The summed E-state index contributed by atoms with van der Waals surface area (Å²) in [6.45, 7) is 2.62. The van der Waals surface area contributed by atoms with Gasteiger partial charge >= 0.3 is 11.8 Å². The SMILES string of the molecule is Cc1cc(NC(=O)C(=O)Nc2cccc(S(=O)(=O)N3CCCCC3)c2)no1. The maximum Gasteiger partial charge on any atom is 0.315 e. The molecule has 0 bridgehead atoms. The molecule has 1 aromatic heterocycles. The molecule has 2 N–H and O–H groups in total. The van der Waals surface area contributed by atoms with Crippen LogP contribution >= 0.6 is 0 Å². The molecule has 0 unspecified atom stereocenters. The third-order valence-corrected chi connectivity index (χ3v) is 6.02. The number of sulfonamides is 1. The van der Waals surface area contributed by atoms with Gasteiger partial charge in [-0.3, -0.25) is 14.9 Å². The van der Waals surface area contributed by atoms with E-state index in [0.717, 1.165) is 19.3 Å². The van der Waals surface area contributed by atoms with Gasteiger partial charge in [-0.25, -0.2) is 8.42 Å². The minimum absolute atomic E-state index is 0.0785. The lowest BCUT2D eigenvalue weighted by atomic mass is 10.2. The molecular weight excluding hydrogens is 372 g/mol. The highest BCUT2D eigenvalue weighted by Gasteiger charge is 2.26. The Kier molecular flexibility index (Phi) is 5.57. The van der Waals surface area contributed by atoms with Crippen molar-refractivity contribution in [3.05, 3.63) is 36.1 Å². The molecule has 2 heterocycles. The summed E-state index contributed by atoms with van der Waals surface area (Å²) in [6, 6.07) is 7.32. The van der Waals surface area contributed by atoms with Crippen LogP contribution in [-0.2, 0) is 19.6 Å². The molecule has 3 rings (SSSR count). The van der Waals surface area contributed by atoms with E-state index in [1.807, 2.05) is 0 Å². The van der Waals surface area contributed by atoms with Gasteiger partial charge in [0.25, 0.3) is 0 Å². The zero-order valence-corrected chi connectivity index (χ0v) is 15.6. The van der Waals surface area contributed by atoms with E-state index in [1.54, 1.807) is 6.92 Å². The van der Waals surface area contributed by atoms with Crippen LogP contribution in [0.2, 0.25) is 0 Å². The zero-order chi connectivity index (χ0) is 19.4. The van der Waals surface area contributed by atoms with E-state index in [1.165, 1.54) is 34.6 Å². The number of nitrogens with one attached hydrogen (secondary N) is 2. The predicted molar refractivity (Wildman–Crippen MR) is 97.6 cm³/mol. The maximum absolute atomic E-state index is 12.7. The van der Waals surface area contributed by atoms with E-state index >= 15 is 0 Å². The van der Waals surface area contributed by atoms with Crippen molar-refractivity contribution in [3.8, 4) is 0 Å². The number of aromatic nitrogens is 1. The van der Waals surface area contributed by atoms with Gasteiger partial charge in [0.2, 0.25) is 10.0 Å². The van der Waals surface area contributed by atoms with Gasteiger partial charge in [0.1, 0.15) is 5.76 Å². The molecular formula is C17H20N4O5S. The van der Waals surface area contributed by atoms with Gasteiger partial charge in [0, 0.05) is 24.8 Å². The van der Waals surface area contributed by atoms with Crippen LogP contribution in [0.4, 0.5) is 11.5 Å². The van der Waals surface area contributed by atoms with E-state index in [4.69, 9.17) is 4.52 Å². The van der Waals surface area contributed by atoms with Crippen LogP contribution in [-0.4, -0.2) is 42.8 Å². The Balaban J connectivity index is 1.69. The first-order valence-corrected chi connectivity index (χ1v) is 9.96. The number of piperidine rings is 1. The third kappa shape index (κ3) is 4.52. The summed E-state index contributed by atoms with van der Waals surface area (Å²) in [6.07, 6.45) is 2.68. The zero-order valence-electron chi connectivity index (χ0n) is 14.8. The second-order valence-electron chi connectivity index (χ2n) is 6.22. The monoisotopic (exact) mass is 392 g/mol. The summed E-state index contributed by atoms with van der Waals surface area (Å²) in [5.41, 5.74) is 0.213. The number of nitrogens with zero attached hydrogens (tertiary/aromatic N) is 2. The summed E-state index contributed by atoms with van der Waals surface area (Å²) >= 11 is 0. The van der Waals surface area contributed by atoms with Crippen molar-refractivity contribution in [2.24, 2.45) is 0 Å².